The Kier molecular flexibility index (Phi) is 5.65. The van der Waals surface area contributed by atoms with Crippen molar-refractivity contribution in [1.82, 2.24) is 5.32 Å². The molecule has 0 spiro atoms. The summed E-state index contributed by atoms with van der Waals surface area (Å²) in [6.45, 7) is 2.20. The summed E-state index contributed by atoms with van der Waals surface area (Å²) < 4.78 is 1.16. The van der Waals surface area contributed by atoms with Crippen LogP contribution < -0.4 is 5.32 Å². The lowest BCUT2D eigenvalue weighted by molar-refractivity contribution is 0.572. The Balaban J connectivity index is 2.27. The number of allylic oxidation sites excluding steroid dienone is 1. The lowest BCUT2D eigenvalue weighted by Gasteiger charge is -2.24. The Morgan fingerprint density at radius 2 is 1.95 bits per heavy atom. The van der Waals surface area contributed by atoms with Crippen LogP contribution in [0, 0.1) is 6.92 Å². The maximum Gasteiger partial charge on any atom is 0.0536 e. The van der Waals surface area contributed by atoms with E-state index in [-0.39, 0.29) is 0 Å². The Labute approximate surface area is 125 Å². The largest absolute Gasteiger partial charge is 0.310 e. The fourth-order valence-electron chi connectivity index (χ4n) is 2.98. The van der Waals surface area contributed by atoms with E-state index in [1.54, 1.807) is 5.57 Å². The highest BCUT2D eigenvalue weighted by Gasteiger charge is 2.17. The van der Waals surface area contributed by atoms with E-state index in [1.807, 2.05) is 0 Å². The number of likely N-dealkylation sites (N-methyl/N-ethyl adjacent to an activating group) is 1. The highest BCUT2D eigenvalue weighted by atomic mass is 79.9. The van der Waals surface area contributed by atoms with Crippen LogP contribution >= 0.6 is 15.9 Å². The molecule has 0 radical (unpaired) electrons. The van der Waals surface area contributed by atoms with Gasteiger partial charge in [0.25, 0.3) is 0 Å². The third kappa shape index (κ3) is 3.93. The van der Waals surface area contributed by atoms with Crippen molar-refractivity contribution in [2.75, 3.05) is 7.05 Å². The Bertz CT molecular complexity index is 451. The van der Waals surface area contributed by atoms with Gasteiger partial charge in [0.15, 0.2) is 0 Å². The van der Waals surface area contributed by atoms with Crippen LogP contribution in [0.2, 0.25) is 0 Å². The molecule has 1 unspecified atom stereocenters. The van der Waals surface area contributed by atoms with Gasteiger partial charge in [-0.1, -0.05) is 46.5 Å². The number of hydrogen-bond acceptors (Lipinski definition) is 1. The lowest BCUT2D eigenvalue weighted by atomic mass is 9.89. The van der Waals surface area contributed by atoms with E-state index >= 15 is 0 Å². The summed E-state index contributed by atoms with van der Waals surface area (Å²) in [6.07, 6.45) is 10.4. The van der Waals surface area contributed by atoms with Crippen LogP contribution in [0.1, 0.15) is 55.7 Å². The smallest absolute Gasteiger partial charge is 0.0536 e. The van der Waals surface area contributed by atoms with E-state index in [9.17, 15) is 0 Å². The Hall–Kier alpha value is -0.600. The predicted octanol–water partition coefficient (Wildman–Crippen LogP) is 5.30. The van der Waals surface area contributed by atoms with Crippen molar-refractivity contribution in [3.8, 4) is 0 Å². The molecule has 0 aromatic heterocycles. The summed E-state index contributed by atoms with van der Waals surface area (Å²) in [5, 5.41) is 3.51. The molecule has 2 heteroatoms. The fourth-order valence-corrected chi connectivity index (χ4v) is 3.46. The maximum atomic E-state index is 3.55. The SMILES string of the molecule is CNC(/C1=C/CCCCCC1)c1ccc(Br)cc1C. The lowest BCUT2D eigenvalue weighted by Crippen LogP contribution is -2.20. The number of halogens is 1. The molecule has 104 valence electrons. The van der Waals surface area contributed by atoms with Gasteiger partial charge in [-0.05, 0) is 62.9 Å². The average Bonchev–Trinajstić information content (AvgIpc) is 2.34. The Morgan fingerprint density at radius 1 is 1.16 bits per heavy atom. The number of hydrogen-bond donors (Lipinski definition) is 1. The summed E-state index contributed by atoms with van der Waals surface area (Å²) in [7, 11) is 2.08. The molecule has 0 heterocycles. The van der Waals surface area contributed by atoms with Gasteiger partial charge in [-0.2, -0.15) is 0 Å². The van der Waals surface area contributed by atoms with Gasteiger partial charge in [0.2, 0.25) is 0 Å². The van der Waals surface area contributed by atoms with Crippen LogP contribution in [0.5, 0.6) is 0 Å². The minimum Gasteiger partial charge on any atom is -0.310 e. The molecule has 0 bridgehead atoms. The van der Waals surface area contributed by atoms with Crippen LogP contribution in [0.3, 0.4) is 0 Å². The van der Waals surface area contributed by atoms with E-state index in [4.69, 9.17) is 0 Å². The summed E-state index contributed by atoms with van der Waals surface area (Å²) >= 11 is 3.55. The molecule has 1 aliphatic carbocycles. The number of nitrogens with one attached hydrogen (secondary N) is 1. The molecule has 0 aliphatic heterocycles. The zero-order valence-electron chi connectivity index (χ0n) is 12.0. The molecule has 0 amide bonds. The third-order valence-electron chi connectivity index (χ3n) is 4.03. The molecular weight excluding hydrogens is 298 g/mol. The highest BCUT2D eigenvalue weighted by molar-refractivity contribution is 9.10. The molecule has 1 N–H and O–H groups in total. The van der Waals surface area contributed by atoms with Gasteiger partial charge < -0.3 is 5.32 Å². The van der Waals surface area contributed by atoms with Gasteiger partial charge in [-0.3, -0.25) is 0 Å². The van der Waals surface area contributed by atoms with Gasteiger partial charge in [0.1, 0.15) is 0 Å². The normalized spacial score (nSPS) is 21.1. The maximum absolute atomic E-state index is 3.55. The zero-order valence-corrected chi connectivity index (χ0v) is 13.6. The molecule has 1 aliphatic rings. The van der Waals surface area contributed by atoms with Gasteiger partial charge in [0, 0.05) is 4.47 Å². The standard InChI is InChI=1S/C17H24BrN/c1-13-12-15(18)10-11-16(13)17(19-2)14-8-6-4-3-5-7-9-14/h8,10-12,17,19H,3-7,9H2,1-2H3/b14-8+. The first kappa shape index (κ1) is 14.8. The van der Waals surface area contributed by atoms with Crippen LogP contribution in [0.15, 0.2) is 34.3 Å². The van der Waals surface area contributed by atoms with Crippen molar-refractivity contribution in [3.05, 3.63) is 45.4 Å². The number of rotatable bonds is 3. The number of benzene rings is 1. The quantitative estimate of drug-likeness (QED) is 0.745. The molecule has 2 rings (SSSR count). The van der Waals surface area contributed by atoms with Crippen LogP contribution in [-0.4, -0.2) is 7.05 Å². The van der Waals surface area contributed by atoms with Crippen molar-refractivity contribution in [2.24, 2.45) is 0 Å². The molecule has 1 atom stereocenters. The van der Waals surface area contributed by atoms with Gasteiger partial charge in [-0.25, -0.2) is 0 Å². The number of aryl methyl sites for hydroxylation is 1. The van der Waals surface area contributed by atoms with Crippen molar-refractivity contribution in [1.29, 1.82) is 0 Å². The van der Waals surface area contributed by atoms with Crippen molar-refractivity contribution >= 4 is 15.9 Å². The highest BCUT2D eigenvalue weighted by Crippen LogP contribution is 2.31. The van der Waals surface area contributed by atoms with Crippen LogP contribution in [-0.2, 0) is 0 Å². The second kappa shape index (κ2) is 7.25. The van der Waals surface area contributed by atoms with Crippen LogP contribution in [0.25, 0.3) is 0 Å². The molecule has 0 saturated heterocycles. The van der Waals surface area contributed by atoms with Crippen LogP contribution in [0.4, 0.5) is 0 Å². The molecule has 19 heavy (non-hydrogen) atoms. The molecular formula is C17H24BrN. The molecule has 1 aromatic rings. The summed E-state index contributed by atoms with van der Waals surface area (Å²) in [5.41, 5.74) is 4.35. The van der Waals surface area contributed by atoms with Gasteiger partial charge >= 0.3 is 0 Å². The summed E-state index contributed by atoms with van der Waals surface area (Å²) in [5.74, 6) is 0. The fraction of sp³-hybridized carbons (Fsp3) is 0.529. The average molecular weight is 322 g/mol. The Morgan fingerprint density at radius 3 is 2.68 bits per heavy atom. The van der Waals surface area contributed by atoms with Gasteiger partial charge in [0.05, 0.1) is 6.04 Å². The van der Waals surface area contributed by atoms with E-state index in [2.05, 4.69) is 59.5 Å². The van der Waals surface area contributed by atoms with Crippen molar-refractivity contribution in [2.45, 2.75) is 51.5 Å². The van der Waals surface area contributed by atoms with Crippen molar-refractivity contribution in [3.63, 3.8) is 0 Å². The van der Waals surface area contributed by atoms with E-state index < -0.39 is 0 Å². The molecule has 0 saturated carbocycles. The third-order valence-corrected chi connectivity index (χ3v) is 4.52. The first-order chi connectivity index (χ1) is 9.22. The molecule has 1 nitrogen and oxygen atoms in total. The van der Waals surface area contributed by atoms with Gasteiger partial charge in [-0.15, -0.1) is 0 Å². The molecule has 0 fully saturated rings. The predicted molar refractivity (Wildman–Crippen MR) is 86.5 cm³/mol. The van der Waals surface area contributed by atoms with Crippen molar-refractivity contribution < 1.29 is 0 Å². The monoisotopic (exact) mass is 321 g/mol. The second-order valence-electron chi connectivity index (χ2n) is 5.45. The second-order valence-corrected chi connectivity index (χ2v) is 6.37. The molecule has 1 aromatic carbocycles. The summed E-state index contributed by atoms with van der Waals surface area (Å²) in [6, 6.07) is 6.99. The van der Waals surface area contributed by atoms with E-state index in [0.717, 1.165) is 4.47 Å². The van der Waals surface area contributed by atoms with E-state index in [1.165, 1.54) is 49.7 Å². The first-order valence-corrected chi connectivity index (χ1v) is 8.14. The zero-order chi connectivity index (χ0) is 13.7. The van der Waals surface area contributed by atoms with E-state index in [0.29, 0.717) is 6.04 Å². The summed E-state index contributed by atoms with van der Waals surface area (Å²) in [4.78, 5) is 0. The first-order valence-electron chi connectivity index (χ1n) is 7.34. The minimum atomic E-state index is 0.381. The minimum absolute atomic E-state index is 0.381. The topological polar surface area (TPSA) is 12.0 Å².